The number of benzene rings is 11. The molecule has 431 valence electrons. The van der Waals surface area contributed by atoms with E-state index in [0.29, 0.717) is 22.1 Å². The molecule has 11 aromatic carbocycles. The van der Waals surface area contributed by atoms with E-state index in [2.05, 4.69) is 23.2 Å². The third-order valence-electron chi connectivity index (χ3n) is 15.2. The summed E-state index contributed by atoms with van der Waals surface area (Å²) < 4.78 is 80.1. The second-order valence-electron chi connectivity index (χ2n) is 20.7. The van der Waals surface area contributed by atoms with E-state index < -0.39 is 23.5 Å². The molecule has 1 radical (unpaired) electrons. The van der Waals surface area contributed by atoms with Crippen LogP contribution in [0.2, 0.25) is 0 Å². The molecule has 0 saturated carbocycles. The van der Waals surface area contributed by atoms with Crippen LogP contribution < -0.4 is 0 Å². The molecule has 5 heterocycles. The van der Waals surface area contributed by atoms with Crippen molar-refractivity contribution < 1.29 is 46.4 Å². The molecule has 0 saturated heterocycles. The average Bonchev–Trinajstić information content (AvgIpc) is 0.774. The minimum absolute atomic E-state index is 0. The molecular formula is C75H42F6IrN7-3. The third kappa shape index (κ3) is 11.3. The number of halogens is 6. The largest absolute Gasteiger partial charge is 0.399 e. The summed E-state index contributed by atoms with van der Waals surface area (Å²) in [6, 6.07) is 84.7. The number of nitrogens with zero attached hydrogens (tertiary/aromatic N) is 7. The fourth-order valence-corrected chi connectivity index (χ4v) is 11.2. The van der Waals surface area contributed by atoms with Gasteiger partial charge in [-0.15, -0.1) is 95.6 Å². The van der Waals surface area contributed by atoms with Crippen LogP contribution in [0.1, 0.15) is 11.1 Å². The van der Waals surface area contributed by atoms with Gasteiger partial charge in [-0.1, -0.05) is 158 Å². The van der Waals surface area contributed by atoms with Crippen LogP contribution in [0.15, 0.2) is 255 Å². The zero-order chi connectivity index (χ0) is 59.9. The van der Waals surface area contributed by atoms with E-state index in [0.717, 1.165) is 124 Å². The quantitative estimate of drug-likeness (QED) is 0.0892. The molecule has 89 heavy (non-hydrogen) atoms. The summed E-state index contributed by atoms with van der Waals surface area (Å²) in [6.45, 7) is 0. The van der Waals surface area contributed by atoms with Crippen molar-refractivity contribution in [1.29, 1.82) is 0 Å². The molecule has 0 atom stereocenters. The molecule has 0 bridgehead atoms. The van der Waals surface area contributed by atoms with Crippen molar-refractivity contribution in [2.45, 2.75) is 12.4 Å². The van der Waals surface area contributed by atoms with Crippen molar-refractivity contribution in [2.75, 3.05) is 0 Å². The summed E-state index contributed by atoms with van der Waals surface area (Å²) in [5.41, 5.74) is 10.8. The number of alkyl halides is 6. The maximum Gasteiger partial charge on any atom is 0.399 e. The summed E-state index contributed by atoms with van der Waals surface area (Å²) in [5.74, 6) is 0.401. The molecule has 0 unspecified atom stereocenters. The molecule has 0 aliphatic heterocycles. The van der Waals surface area contributed by atoms with Crippen LogP contribution >= 0.6 is 0 Å². The van der Waals surface area contributed by atoms with Gasteiger partial charge in [-0.05, 0) is 47.2 Å². The van der Waals surface area contributed by atoms with Crippen LogP contribution in [-0.2, 0) is 32.5 Å². The Hall–Kier alpha value is -10.7. The summed E-state index contributed by atoms with van der Waals surface area (Å²) in [7, 11) is 0. The van der Waals surface area contributed by atoms with Crippen LogP contribution in [0.4, 0.5) is 26.3 Å². The standard InChI is InChI=1S/2C32H17F3N3.C11H8N.Ir/c2*33-32(34,35)22-13-7-12-21(18-22)31-36-25-16-14-23-27-24(15-17-26(37-31)28(25)27)30(20-10-5-2-6-11-20)38-29(23)19-8-3-1-4-9-19;1-2-6-10(7-3-1)11-8-4-5-9-12-11;/h2*1-11,13-18H;1-6,8-9H;/q3*-1;. The number of rotatable bonds is 7. The van der Waals surface area contributed by atoms with Crippen molar-refractivity contribution in [3.05, 3.63) is 284 Å². The molecule has 0 aliphatic carbocycles. The van der Waals surface area contributed by atoms with Gasteiger partial charge >= 0.3 is 12.4 Å². The van der Waals surface area contributed by atoms with E-state index in [-0.39, 0.29) is 42.9 Å². The predicted molar refractivity (Wildman–Crippen MR) is 336 cm³/mol. The van der Waals surface area contributed by atoms with Crippen LogP contribution in [0, 0.1) is 18.2 Å². The normalized spacial score (nSPS) is 11.6. The predicted octanol–water partition coefficient (Wildman–Crippen LogP) is 19.7. The molecule has 0 aliphatic rings. The van der Waals surface area contributed by atoms with E-state index in [1.54, 1.807) is 6.20 Å². The van der Waals surface area contributed by atoms with Gasteiger partial charge in [-0.25, -0.2) is 9.97 Å². The zero-order valence-corrected chi connectivity index (χ0v) is 48.9. The number of hydrogen-bond donors (Lipinski definition) is 0. The number of hydrogen-bond acceptors (Lipinski definition) is 7. The van der Waals surface area contributed by atoms with Crippen LogP contribution in [0.5, 0.6) is 0 Å². The average molecular weight is 1350 g/mol. The van der Waals surface area contributed by atoms with Gasteiger partial charge in [0.2, 0.25) is 0 Å². The Morgan fingerprint density at radius 2 is 0.629 bits per heavy atom. The minimum Gasteiger partial charge on any atom is -0.305 e. The monoisotopic (exact) mass is 1350 g/mol. The van der Waals surface area contributed by atoms with Crippen molar-refractivity contribution in [3.8, 4) is 79.1 Å². The molecule has 0 spiro atoms. The fraction of sp³-hybridized carbons (Fsp3) is 0.0267. The first-order valence-electron chi connectivity index (χ1n) is 27.9. The topological polar surface area (TPSA) is 90.2 Å². The second kappa shape index (κ2) is 23.9. The first-order valence-corrected chi connectivity index (χ1v) is 27.9. The van der Waals surface area contributed by atoms with E-state index >= 15 is 0 Å². The van der Waals surface area contributed by atoms with Crippen LogP contribution in [-0.4, -0.2) is 34.9 Å². The first kappa shape index (κ1) is 57.4. The molecular weight excluding hydrogens is 1310 g/mol. The van der Waals surface area contributed by atoms with E-state index in [9.17, 15) is 26.3 Å². The Kier molecular flexibility index (Phi) is 15.4. The maximum absolute atomic E-state index is 13.3. The van der Waals surface area contributed by atoms with Gasteiger partial charge in [0.1, 0.15) is 0 Å². The second-order valence-corrected chi connectivity index (χ2v) is 20.7. The SMILES string of the molecule is FC(F)(F)c1cc[c-]c(-c2nc3ccc4c(-c5ccccc5)nc(-c5ccccc5)c5ccc(n2)c3c45)c1.FC(F)(F)c1cc[c-]c(-c2nc3ccc4c(-c5ccccc5)nc(-c5ccccc5)c5ccc(n2)c3c45)c1.[Ir].[c-]1ccccc1-c1ccccn1. The molecule has 16 aromatic rings. The Morgan fingerprint density at radius 3 is 0.944 bits per heavy atom. The van der Waals surface area contributed by atoms with Crippen LogP contribution in [0.3, 0.4) is 0 Å². The van der Waals surface area contributed by atoms with Gasteiger partial charge in [0.15, 0.2) is 0 Å². The third-order valence-corrected chi connectivity index (χ3v) is 15.2. The van der Waals surface area contributed by atoms with Gasteiger partial charge in [0.05, 0.1) is 56.5 Å². The number of pyridine rings is 3. The molecule has 0 N–H and O–H groups in total. The Balaban J connectivity index is 0.000000137. The first-order chi connectivity index (χ1) is 42.9. The zero-order valence-electron chi connectivity index (χ0n) is 46.5. The maximum atomic E-state index is 13.3. The fourth-order valence-electron chi connectivity index (χ4n) is 11.2. The van der Waals surface area contributed by atoms with E-state index in [4.69, 9.17) is 29.9 Å². The van der Waals surface area contributed by atoms with Crippen molar-refractivity contribution in [1.82, 2.24) is 34.9 Å². The Labute approximate surface area is 519 Å². The molecule has 16 rings (SSSR count). The Bertz CT molecular complexity index is 4620. The summed E-state index contributed by atoms with van der Waals surface area (Å²) in [5, 5.41) is 7.52. The van der Waals surface area contributed by atoms with Crippen molar-refractivity contribution in [3.63, 3.8) is 0 Å². The summed E-state index contributed by atoms with van der Waals surface area (Å²) in [4.78, 5) is 33.3. The smallest absolute Gasteiger partial charge is 0.305 e. The number of aromatic nitrogens is 7. The van der Waals surface area contributed by atoms with Crippen molar-refractivity contribution in [2.24, 2.45) is 0 Å². The van der Waals surface area contributed by atoms with Gasteiger partial charge < -0.3 is 4.98 Å². The van der Waals surface area contributed by atoms with Gasteiger partial charge in [0.25, 0.3) is 0 Å². The summed E-state index contributed by atoms with van der Waals surface area (Å²) >= 11 is 0. The molecule has 0 fully saturated rings. The molecule has 5 aromatic heterocycles. The Morgan fingerprint density at radius 1 is 0.292 bits per heavy atom. The van der Waals surface area contributed by atoms with Crippen LogP contribution in [0.25, 0.3) is 144 Å². The molecule has 0 amide bonds. The molecule has 7 nitrogen and oxygen atoms in total. The van der Waals surface area contributed by atoms with E-state index in [1.807, 2.05) is 212 Å². The van der Waals surface area contributed by atoms with Gasteiger partial charge in [0, 0.05) is 91.6 Å². The van der Waals surface area contributed by atoms with E-state index in [1.165, 1.54) is 12.1 Å². The minimum atomic E-state index is -4.46. The molecule has 14 heteroatoms. The van der Waals surface area contributed by atoms with Crippen molar-refractivity contribution >= 4 is 65.2 Å². The summed E-state index contributed by atoms with van der Waals surface area (Å²) in [6.07, 6.45) is -7.14. The van der Waals surface area contributed by atoms with Gasteiger partial charge in [-0.3, -0.25) is 19.9 Å². The van der Waals surface area contributed by atoms with Gasteiger partial charge in [-0.2, -0.15) is 26.3 Å².